The van der Waals surface area contributed by atoms with Crippen molar-refractivity contribution in [3.05, 3.63) is 16.1 Å². The number of thiazole rings is 1. The minimum absolute atomic E-state index is 0.101. The normalized spacial score (nSPS) is 13.0. The highest BCUT2D eigenvalue weighted by atomic mass is 32.1. The van der Waals surface area contributed by atoms with Crippen LogP contribution in [-0.2, 0) is 11.3 Å². The Morgan fingerprint density at radius 2 is 2.25 bits per heavy atom. The molecule has 0 aliphatic heterocycles. The lowest BCUT2D eigenvalue weighted by molar-refractivity contribution is -0.118. The van der Waals surface area contributed by atoms with E-state index in [1.807, 2.05) is 6.92 Å². The molecule has 0 aromatic carbocycles. The molecule has 0 aliphatic carbocycles. The first-order chi connectivity index (χ1) is 7.49. The van der Waals surface area contributed by atoms with Crippen molar-refractivity contribution >= 4 is 17.2 Å². The predicted molar refractivity (Wildman–Crippen MR) is 66.3 cm³/mol. The third kappa shape index (κ3) is 4.28. The van der Waals surface area contributed by atoms with Crippen LogP contribution in [0.1, 0.15) is 43.8 Å². The standard InChI is InChI=1S/C11H19N3OS/c1-7(2)9-6-16-11(14-9)5-13-8(3)4-10(12)15/h6-8,13H,4-5H2,1-3H3,(H2,12,15). The molecule has 1 rings (SSSR count). The molecule has 0 saturated carbocycles. The molecule has 0 aliphatic rings. The number of nitrogens with zero attached hydrogens (tertiary/aromatic N) is 1. The van der Waals surface area contributed by atoms with Crippen molar-refractivity contribution in [3.8, 4) is 0 Å². The van der Waals surface area contributed by atoms with Gasteiger partial charge in [0.2, 0.25) is 5.91 Å². The quantitative estimate of drug-likeness (QED) is 0.795. The molecule has 4 nitrogen and oxygen atoms in total. The van der Waals surface area contributed by atoms with Crippen LogP contribution in [0.3, 0.4) is 0 Å². The molecule has 90 valence electrons. The molecular formula is C11H19N3OS. The molecule has 0 fully saturated rings. The summed E-state index contributed by atoms with van der Waals surface area (Å²) in [6.45, 7) is 6.90. The largest absolute Gasteiger partial charge is 0.370 e. The van der Waals surface area contributed by atoms with Crippen molar-refractivity contribution in [3.63, 3.8) is 0 Å². The molecule has 1 unspecified atom stereocenters. The number of hydrogen-bond donors (Lipinski definition) is 2. The third-order valence-electron chi connectivity index (χ3n) is 2.27. The Balaban J connectivity index is 2.39. The summed E-state index contributed by atoms with van der Waals surface area (Å²) in [7, 11) is 0. The van der Waals surface area contributed by atoms with Crippen molar-refractivity contribution in [2.24, 2.45) is 5.73 Å². The van der Waals surface area contributed by atoms with E-state index in [2.05, 4.69) is 29.5 Å². The molecule has 1 atom stereocenters. The van der Waals surface area contributed by atoms with Gasteiger partial charge in [-0.2, -0.15) is 0 Å². The van der Waals surface area contributed by atoms with E-state index in [0.29, 0.717) is 18.9 Å². The van der Waals surface area contributed by atoms with Crippen LogP contribution >= 0.6 is 11.3 Å². The maximum Gasteiger partial charge on any atom is 0.218 e. The second-order valence-corrected chi connectivity index (χ2v) is 5.22. The summed E-state index contributed by atoms with van der Waals surface area (Å²) in [5.74, 6) is 0.190. The summed E-state index contributed by atoms with van der Waals surface area (Å²) in [6, 6.07) is 0.101. The Kier molecular flexibility index (Phi) is 4.89. The Morgan fingerprint density at radius 1 is 1.56 bits per heavy atom. The lowest BCUT2D eigenvalue weighted by Gasteiger charge is -2.09. The van der Waals surface area contributed by atoms with E-state index in [4.69, 9.17) is 5.73 Å². The van der Waals surface area contributed by atoms with Crippen LogP contribution in [0.4, 0.5) is 0 Å². The molecular weight excluding hydrogens is 222 g/mol. The first-order valence-corrected chi connectivity index (χ1v) is 6.33. The fourth-order valence-electron chi connectivity index (χ4n) is 1.31. The van der Waals surface area contributed by atoms with E-state index < -0.39 is 0 Å². The van der Waals surface area contributed by atoms with Crippen LogP contribution in [0.25, 0.3) is 0 Å². The molecule has 0 bridgehead atoms. The zero-order valence-electron chi connectivity index (χ0n) is 9.99. The first-order valence-electron chi connectivity index (χ1n) is 5.45. The zero-order chi connectivity index (χ0) is 12.1. The molecule has 3 N–H and O–H groups in total. The van der Waals surface area contributed by atoms with Gasteiger partial charge in [0.15, 0.2) is 0 Å². The highest BCUT2D eigenvalue weighted by Crippen LogP contribution is 2.17. The van der Waals surface area contributed by atoms with Gasteiger partial charge in [0.05, 0.1) is 5.69 Å². The number of carbonyl (C=O) groups excluding carboxylic acids is 1. The van der Waals surface area contributed by atoms with Gasteiger partial charge in [0, 0.05) is 24.4 Å². The van der Waals surface area contributed by atoms with Crippen LogP contribution in [-0.4, -0.2) is 16.9 Å². The maximum absolute atomic E-state index is 10.7. The van der Waals surface area contributed by atoms with Crippen LogP contribution < -0.4 is 11.1 Å². The van der Waals surface area contributed by atoms with Crippen molar-refractivity contribution in [2.75, 3.05) is 0 Å². The van der Waals surface area contributed by atoms with Crippen molar-refractivity contribution in [1.82, 2.24) is 10.3 Å². The Morgan fingerprint density at radius 3 is 2.75 bits per heavy atom. The van der Waals surface area contributed by atoms with Crippen LogP contribution in [0, 0.1) is 0 Å². The van der Waals surface area contributed by atoms with Gasteiger partial charge < -0.3 is 11.1 Å². The van der Waals surface area contributed by atoms with Crippen molar-refractivity contribution in [1.29, 1.82) is 0 Å². The Hall–Kier alpha value is -0.940. The van der Waals surface area contributed by atoms with E-state index in [1.54, 1.807) is 11.3 Å². The summed E-state index contributed by atoms with van der Waals surface area (Å²) in [5.41, 5.74) is 6.24. The highest BCUT2D eigenvalue weighted by Gasteiger charge is 2.08. The average molecular weight is 241 g/mol. The van der Waals surface area contributed by atoms with E-state index in [9.17, 15) is 4.79 Å². The smallest absolute Gasteiger partial charge is 0.218 e. The maximum atomic E-state index is 10.7. The molecule has 0 radical (unpaired) electrons. The molecule has 1 amide bonds. The second-order valence-electron chi connectivity index (χ2n) is 4.27. The number of aromatic nitrogens is 1. The number of nitrogens with one attached hydrogen (secondary N) is 1. The minimum atomic E-state index is -0.276. The first kappa shape index (κ1) is 13.1. The number of rotatable bonds is 6. The van der Waals surface area contributed by atoms with E-state index in [-0.39, 0.29) is 11.9 Å². The minimum Gasteiger partial charge on any atom is -0.370 e. The fourth-order valence-corrected chi connectivity index (χ4v) is 2.21. The lowest BCUT2D eigenvalue weighted by atomic mass is 10.2. The van der Waals surface area contributed by atoms with E-state index in [1.165, 1.54) is 0 Å². The summed E-state index contributed by atoms with van der Waals surface area (Å²) >= 11 is 1.65. The van der Waals surface area contributed by atoms with Crippen LogP contribution in [0.15, 0.2) is 5.38 Å². The SMILES string of the molecule is CC(CC(N)=O)NCc1nc(C(C)C)cs1. The second kappa shape index (κ2) is 5.96. The number of carbonyl (C=O) groups is 1. The molecule has 0 spiro atoms. The fraction of sp³-hybridized carbons (Fsp3) is 0.636. The van der Waals surface area contributed by atoms with Gasteiger partial charge >= 0.3 is 0 Å². The summed E-state index contributed by atoms with van der Waals surface area (Å²) in [5, 5.41) is 6.37. The monoisotopic (exact) mass is 241 g/mol. The average Bonchev–Trinajstić information content (AvgIpc) is 2.61. The van der Waals surface area contributed by atoms with Gasteiger partial charge in [-0.3, -0.25) is 4.79 Å². The summed E-state index contributed by atoms with van der Waals surface area (Å²) < 4.78 is 0. The summed E-state index contributed by atoms with van der Waals surface area (Å²) in [6.07, 6.45) is 0.364. The highest BCUT2D eigenvalue weighted by molar-refractivity contribution is 7.09. The van der Waals surface area contributed by atoms with Gasteiger partial charge in [-0.15, -0.1) is 11.3 Å². The van der Waals surface area contributed by atoms with Gasteiger partial charge in [-0.1, -0.05) is 13.8 Å². The molecule has 1 heterocycles. The van der Waals surface area contributed by atoms with Gasteiger partial charge in [0.1, 0.15) is 5.01 Å². The van der Waals surface area contributed by atoms with Crippen LogP contribution in [0.2, 0.25) is 0 Å². The number of primary amides is 1. The number of nitrogens with two attached hydrogens (primary N) is 1. The Bertz CT molecular complexity index is 349. The van der Waals surface area contributed by atoms with Gasteiger partial charge in [0.25, 0.3) is 0 Å². The molecule has 0 saturated heterocycles. The summed E-state index contributed by atoms with van der Waals surface area (Å²) in [4.78, 5) is 15.2. The molecule has 1 aromatic heterocycles. The van der Waals surface area contributed by atoms with E-state index >= 15 is 0 Å². The number of hydrogen-bond acceptors (Lipinski definition) is 4. The number of amides is 1. The lowest BCUT2D eigenvalue weighted by Crippen LogP contribution is -2.30. The predicted octanol–water partition coefficient (Wildman–Crippen LogP) is 1.62. The Labute approximate surface area is 100 Å². The van der Waals surface area contributed by atoms with Crippen molar-refractivity contribution in [2.45, 2.75) is 45.7 Å². The third-order valence-corrected chi connectivity index (χ3v) is 3.14. The molecule has 5 heteroatoms. The molecule has 1 aromatic rings. The topological polar surface area (TPSA) is 68.0 Å². The van der Waals surface area contributed by atoms with Gasteiger partial charge in [-0.05, 0) is 12.8 Å². The van der Waals surface area contributed by atoms with Gasteiger partial charge in [-0.25, -0.2) is 4.98 Å². The molecule has 16 heavy (non-hydrogen) atoms. The van der Waals surface area contributed by atoms with Crippen LogP contribution in [0.5, 0.6) is 0 Å². The zero-order valence-corrected chi connectivity index (χ0v) is 10.8. The van der Waals surface area contributed by atoms with E-state index in [0.717, 1.165) is 10.7 Å². The van der Waals surface area contributed by atoms with Crippen molar-refractivity contribution < 1.29 is 4.79 Å².